The highest BCUT2D eigenvalue weighted by Gasteiger charge is 2.10. The molecule has 0 amide bonds. The van der Waals surface area contributed by atoms with Gasteiger partial charge in [-0.15, -0.1) is 11.3 Å². The minimum Gasteiger partial charge on any atom is -0.384 e. The van der Waals surface area contributed by atoms with Crippen molar-refractivity contribution in [2.24, 2.45) is 5.73 Å². The fourth-order valence-corrected chi connectivity index (χ4v) is 3.81. The summed E-state index contributed by atoms with van der Waals surface area (Å²) in [4.78, 5) is 9.49. The van der Waals surface area contributed by atoms with Crippen LogP contribution in [0.15, 0.2) is 52.0 Å². The molecular formula is C13H10N4S2. The Hall–Kier alpha value is -1.92. The number of nitrogens with one attached hydrogen (secondary N) is 1. The highest BCUT2D eigenvalue weighted by atomic mass is 32.2. The molecule has 2 aromatic heterocycles. The predicted molar refractivity (Wildman–Crippen MR) is 79.0 cm³/mol. The largest absolute Gasteiger partial charge is 0.384 e. The molecule has 2 heterocycles. The van der Waals surface area contributed by atoms with Gasteiger partial charge in [0.25, 0.3) is 0 Å². The first kappa shape index (κ1) is 12.1. The third-order valence-corrected chi connectivity index (χ3v) is 4.69. The lowest BCUT2D eigenvalue weighted by molar-refractivity contribution is 1.20. The van der Waals surface area contributed by atoms with E-state index in [0.717, 1.165) is 19.5 Å². The number of benzene rings is 1. The maximum absolute atomic E-state index is 7.57. The van der Waals surface area contributed by atoms with Crippen LogP contribution in [0.2, 0.25) is 0 Å². The van der Waals surface area contributed by atoms with Crippen LogP contribution in [-0.2, 0) is 0 Å². The number of aromatic nitrogens is 2. The first-order valence-corrected chi connectivity index (χ1v) is 7.19. The van der Waals surface area contributed by atoms with Crippen LogP contribution in [0.4, 0.5) is 0 Å². The van der Waals surface area contributed by atoms with Gasteiger partial charge in [-0.2, -0.15) is 0 Å². The summed E-state index contributed by atoms with van der Waals surface area (Å²) >= 11 is 3.12. The Morgan fingerprint density at radius 3 is 2.89 bits per heavy atom. The summed E-state index contributed by atoms with van der Waals surface area (Å²) in [6, 6.07) is 9.76. The summed E-state index contributed by atoms with van der Waals surface area (Å²) in [7, 11) is 0. The number of fused-ring (bicyclic) bond motifs is 1. The number of rotatable bonds is 3. The van der Waals surface area contributed by atoms with Gasteiger partial charge >= 0.3 is 0 Å². The zero-order chi connectivity index (χ0) is 13.2. The number of hydrogen-bond donors (Lipinski definition) is 2. The lowest BCUT2D eigenvalue weighted by Crippen LogP contribution is -2.12. The van der Waals surface area contributed by atoms with E-state index in [9.17, 15) is 0 Å². The molecule has 94 valence electrons. The van der Waals surface area contributed by atoms with Crippen molar-refractivity contribution in [3.8, 4) is 0 Å². The Labute approximate surface area is 118 Å². The fraction of sp³-hybridized carbons (Fsp3) is 0. The van der Waals surface area contributed by atoms with Gasteiger partial charge in [-0.3, -0.25) is 10.4 Å². The van der Waals surface area contributed by atoms with E-state index >= 15 is 0 Å². The van der Waals surface area contributed by atoms with E-state index in [1.165, 1.54) is 11.8 Å². The number of nitrogen functional groups attached to an aromatic ring is 1. The summed E-state index contributed by atoms with van der Waals surface area (Å²) in [6.07, 6.45) is 3.35. The van der Waals surface area contributed by atoms with Gasteiger partial charge in [0.2, 0.25) is 0 Å². The lowest BCUT2D eigenvalue weighted by Gasteiger charge is -2.04. The fourth-order valence-electron chi connectivity index (χ4n) is 1.67. The minimum absolute atomic E-state index is 0.0472. The van der Waals surface area contributed by atoms with Crippen LogP contribution in [0, 0.1) is 5.41 Å². The SMILES string of the molecule is N=C(N)c1ccncc1Sc1nc2ccccc2s1. The van der Waals surface area contributed by atoms with Crippen molar-refractivity contribution in [3.63, 3.8) is 0 Å². The van der Waals surface area contributed by atoms with Crippen LogP contribution < -0.4 is 5.73 Å². The molecule has 6 heteroatoms. The number of hydrogen-bond acceptors (Lipinski definition) is 5. The van der Waals surface area contributed by atoms with E-state index in [4.69, 9.17) is 11.1 Å². The molecule has 3 rings (SSSR count). The molecule has 3 aromatic rings. The molecule has 0 bridgehead atoms. The molecule has 0 fully saturated rings. The van der Waals surface area contributed by atoms with Crippen molar-refractivity contribution < 1.29 is 0 Å². The lowest BCUT2D eigenvalue weighted by atomic mass is 10.2. The Bertz CT molecular complexity index is 718. The van der Waals surface area contributed by atoms with Crippen LogP contribution >= 0.6 is 23.1 Å². The second kappa shape index (κ2) is 4.99. The molecule has 1 aromatic carbocycles. The number of para-hydroxylation sites is 1. The van der Waals surface area contributed by atoms with Gasteiger partial charge in [0, 0.05) is 22.9 Å². The van der Waals surface area contributed by atoms with Crippen molar-refractivity contribution in [2.45, 2.75) is 9.24 Å². The van der Waals surface area contributed by atoms with Crippen molar-refractivity contribution in [1.29, 1.82) is 5.41 Å². The third-order valence-electron chi connectivity index (χ3n) is 2.55. The summed E-state index contributed by atoms with van der Waals surface area (Å²) < 4.78 is 2.08. The van der Waals surface area contributed by atoms with Gasteiger partial charge in [0.1, 0.15) is 5.84 Å². The Morgan fingerprint density at radius 1 is 1.26 bits per heavy atom. The molecule has 0 saturated carbocycles. The molecule has 0 aliphatic carbocycles. The first-order chi connectivity index (χ1) is 9.24. The van der Waals surface area contributed by atoms with Gasteiger partial charge in [0.15, 0.2) is 4.34 Å². The first-order valence-electron chi connectivity index (χ1n) is 5.56. The van der Waals surface area contributed by atoms with E-state index in [0.29, 0.717) is 5.56 Å². The van der Waals surface area contributed by atoms with Gasteiger partial charge in [0.05, 0.1) is 10.2 Å². The number of nitrogens with two attached hydrogens (primary N) is 1. The molecular weight excluding hydrogens is 276 g/mol. The smallest absolute Gasteiger partial charge is 0.155 e. The van der Waals surface area contributed by atoms with E-state index in [1.54, 1.807) is 29.8 Å². The minimum atomic E-state index is 0.0472. The molecule has 4 nitrogen and oxygen atoms in total. The van der Waals surface area contributed by atoms with Crippen molar-refractivity contribution in [2.75, 3.05) is 0 Å². The molecule has 3 N–H and O–H groups in total. The molecule has 0 aliphatic rings. The monoisotopic (exact) mass is 286 g/mol. The Balaban J connectivity index is 1.99. The predicted octanol–water partition coefficient (Wildman–Crippen LogP) is 3.13. The second-order valence-electron chi connectivity index (χ2n) is 3.84. The molecule has 19 heavy (non-hydrogen) atoms. The molecule has 0 radical (unpaired) electrons. The quantitative estimate of drug-likeness (QED) is 0.573. The maximum Gasteiger partial charge on any atom is 0.155 e. The van der Waals surface area contributed by atoms with Gasteiger partial charge < -0.3 is 5.73 Å². The number of amidine groups is 1. The molecule has 0 unspecified atom stereocenters. The van der Waals surface area contributed by atoms with E-state index in [2.05, 4.69) is 9.97 Å². The normalized spacial score (nSPS) is 10.7. The van der Waals surface area contributed by atoms with E-state index in [-0.39, 0.29) is 5.84 Å². The zero-order valence-electron chi connectivity index (χ0n) is 9.83. The van der Waals surface area contributed by atoms with Crippen LogP contribution in [0.1, 0.15) is 5.56 Å². The standard InChI is InChI=1S/C13H10N4S2/c14-12(15)8-5-6-16-7-11(8)19-13-17-9-3-1-2-4-10(9)18-13/h1-7H,(H3,14,15). The molecule has 0 saturated heterocycles. The average Bonchev–Trinajstić information content (AvgIpc) is 2.81. The van der Waals surface area contributed by atoms with Gasteiger partial charge in [-0.05, 0) is 18.2 Å². The molecule has 0 atom stereocenters. The van der Waals surface area contributed by atoms with Crippen molar-refractivity contribution >= 4 is 39.2 Å². The third kappa shape index (κ3) is 2.45. The van der Waals surface area contributed by atoms with Crippen LogP contribution in [0.3, 0.4) is 0 Å². The topological polar surface area (TPSA) is 75.7 Å². The molecule has 0 aliphatic heterocycles. The van der Waals surface area contributed by atoms with Crippen molar-refractivity contribution in [3.05, 3.63) is 48.3 Å². The van der Waals surface area contributed by atoms with Crippen LogP contribution in [0.5, 0.6) is 0 Å². The van der Waals surface area contributed by atoms with Crippen LogP contribution in [-0.4, -0.2) is 15.8 Å². The summed E-state index contributed by atoms with van der Waals surface area (Å²) in [5, 5.41) is 7.57. The number of nitrogens with zero attached hydrogens (tertiary/aromatic N) is 2. The molecule has 0 spiro atoms. The second-order valence-corrected chi connectivity index (χ2v) is 6.15. The zero-order valence-corrected chi connectivity index (χ0v) is 11.5. The Morgan fingerprint density at radius 2 is 2.11 bits per heavy atom. The summed E-state index contributed by atoms with van der Waals surface area (Å²) in [5.74, 6) is 0.0472. The number of pyridine rings is 1. The van der Waals surface area contributed by atoms with Gasteiger partial charge in [-0.1, -0.05) is 23.9 Å². The summed E-state index contributed by atoms with van der Waals surface area (Å²) in [6.45, 7) is 0. The maximum atomic E-state index is 7.57. The summed E-state index contributed by atoms with van der Waals surface area (Å²) in [5.41, 5.74) is 7.25. The average molecular weight is 286 g/mol. The highest BCUT2D eigenvalue weighted by molar-refractivity contribution is 8.01. The highest BCUT2D eigenvalue weighted by Crippen LogP contribution is 2.35. The van der Waals surface area contributed by atoms with Crippen LogP contribution in [0.25, 0.3) is 10.2 Å². The van der Waals surface area contributed by atoms with E-state index in [1.807, 2.05) is 24.3 Å². The van der Waals surface area contributed by atoms with E-state index < -0.39 is 0 Å². The Kier molecular flexibility index (Phi) is 3.18. The van der Waals surface area contributed by atoms with Crippen molar-refractivity contribution in [1.82, 2.24) is 9.97 Å². The number of thiazole rings is 1. The van der Waals surface area contributed by atoms with Gasteiger partial charge in [-0.25, -0.2) is 4.98 Å².